The molecule has 0 bridgehead atoms. The molecule has 0 aliphatic heterocycles. The monoisotopic (exact) mass is 274 g/mol. The van der Waals surface area contributed by atoms with Crippen molar-refractivity contribution in [1.29, 1.82) is 0 Å². The van der Waals surface area contributed by atoms with Gasteiger partial charge in [-0.1, -0.05) is 0 Å². The molecule has 2 rings (SSSR count). The Bertz CT molecular complexity index is 714. The highest BCUT2D eigenvalue weighted by Gasteiger charge is 2.16. The number of carbonyl (C=O) groups excluding carboxylic acids is 1. The lowest BCUT2D eigenvalue weighted by molar-refractivity contribution is -0.800. The van der Waals surface area contributed by atoms with Crippen LogP contribution in [0.25, 0.3) is 17.0 Å². The van der Waals surface area contributed by atoms with Crippen LogP contribution < -0.4 is 4.90 Å². The van der Waals surface area contributed by atoms with Gasteiger partial charge in [-0.3, -0.25) is 14.9 Å². The molecule has 0 unspecified atom stereocenters. The largest absolute Gasteiger partial charge is 0.343 e. The van der Waals surface area contributed by atoms with E-state index in [0.29, 0.717) is 10.9 Å². The molecule has 104 valence electrons. The summed E-state index contributed by atoms with van der Waals surface area (Å²) in [5.41, 5.74) is 2.01. The minimum Gasteiger partial charge on any atom is -0.343 e. The van der Waals surface area contributed by atoms with Crippen LogP contribution in [-0.2, 0) is 7.05 Å². The highest BCUT2D eigenvalue weighted by Crippen LogP contribution is 2.28. The van der Waals surface area contributed by atoms with Crippen molar-refractivity contribution in [3.63, 3.8) is 0 Å². The van der Waals surface area contributed by atoms with Gasteiger partial charge in [0.1, 0.15) is 0 Å². The Kier molecular flexibility index (Phi) is 3.67. The molecule has 0 spiro atoms. The Morgan fingerprint density at radius 3 is 2.60 bits per heavy atom. The van der Waals surface area contributed by atoms with Crippen LogP contribution in [-0.4, -0.2) is 29.9 Å². The maximum atomic E-state index is 11.4. The van der Waals surface area contributed by atoms with Crippen molar-refractivity contribution in [2.75, 3.05) is 14.1 Å². The molecule has 0 radical (unpaired) electrons. The Balaban J connectivity index is 2.73. The standard InChI is InChI=1S/C14H15N3O3/c1-15(2)7-6-14-12(9-18)11-8-10(17(19)20)4-5-13(11)16(14)3/h4-9H,1-3H3/p+1/b7-6+. The van der Waals surface area contributed by atoms with E-state index in [4.69, 9.17) is 0 Å². The number of hydrogen-bond donors (Lipinski definition) is 1. The molecule has 0 aliphatic carbocycles. The van der Waals surface area contributed by atoms with Crippen LogP contribution >= 0.6 is 0 Å². The number of carbonyl (C=O) groups is 1. The summed E-state index contributed by atoms with van der Waals surface area (Å²) < 4.78 is 1.86. The fourth-order valence-electron chi connectivity index (χ4n) is 2.17. The Morgan fingerprint density at radius 1 is 1.35 bits per heavy atom. The molecule has 0 saturated carbocycles. The second-order valence-corrected chi connectivity index (χ2v) is 4.85. The van der Waals surface area contributed by atoms with Crippen LogP contribution in [0.5, 0.6) is 0 Å². The molecule has 0 fully saturated rings. The maximum absolute atomic E-state index is 11.4. The van der Waals surface area contributed by atoms with Gasteiger partial charge in [-0.15, -0.1) is 0 Å². The van der Waals surface area contributed by atoms with Crippen molar-refractivity contribution >= 4 is 29.0 Å². The summed E-state index contributed by atoms with van der Waals surface area (Å²) in [5, 5.41) is 11.4. The number of aldehydes is 1. The molecule has 0 aliphatic rings. The average molecular weight is 274 g/mol. The van der Waals surface area contributed by atoms with Crippen LogP contribution in [0.15, 0.2) is 24.4 Å². The van der Waals surface area contributed by atoms with Gasteiger partial charge in [0, 0.05) is 41.7 Å². The van der Waals surface area contributed by atoms with Crippen molar-refractivity contribution < 1.29 is 14.6 Å². The van der Waals surface area contributed by atoms with Gasteiger partial charge >= 0.3 is 0 Å². The van der Waals surface area contributed by atoms with E-state index in [1.54, 1.807) is 6.07 Å². The molecule has 0 amide bonds. The van der Waals surface area contributed by atoms with Gasteiger partial charge in [0.25, 0.3) is 5.69 Å². The molecule has 1 heterocycles. The number of nitrogens with zero attached hydrogens (tertiary/aromatic N) is 2. The Morgan fingerprint density at radius 2 is 2.05 bits per heavy atom. The third-order valence-corrected chi connectivity index (χ3v) is 3.17. The lowest BCUT2D eigenvalue weighted by Crippen LogP contribution is -3.00. The first kappa shape index (κ1) is 14.0. The van der Waals surface area contributed by atoms with E-state index >= 15 is 0 Å². The zero-order valence-corrected chi connectivity index (χ0v) is 11.6. The summed E-state index contributed by atoms with van der Waals surface area (Å²) in [5.74, 6) is 0. The summed E-state index contributed by atoms with van der Waals surface area (Å²) in [6.07, 6.45) is 4.51. The van der Waals surface area contributed by atoms with Crippen LogP contribution in [0.1, 0.15) is 16.1 Å². The quantitative estimate of drug-likeness (QED) is 0.514. The van der Waals surface area contributed by atoms with E-state index in [-0.39, 0.29) is 5.69 Å². The molecular formula is C14H16N3O3+. The van der Waals surface area contributed by atoms with E-state index in [0.717, 1.165) is 22.4 Å². The number of non-ortho nitro benzene ring substituents is 1. The lowest BCUT2D eigenvalue weighted by Gasteiger charge is -2.01. The molecule has 1 N–H and O–H groups in total. The molecule has 2 aromatic rings. The minimum absolute atomic E-state index is 0.0139. The number of nitro benzene ring substituents is 1. The third-order valence-electron chi connectivity index (χ3n) is 3.17. The smallest absolute Gasteiger partial charge is 0.270 e. The van der Waals surface area contributed by atoms with Crippen LogP contribution in [0.4, 0.5) is 5.69 Å². The SMILES string of the molecule is Cn1c(/C=C/[NH+](C)C)c(C=O)c2cc([N+](=O)[O-])ccc21. The first-order chi connectivity index (χ1) is 9.45. The predicted molar refractivity (Wildman–Crippen MR) is 76.8 cm³/mol. The predicted octanol–water partition coefficient (Wildman–Crippen LogP) is 1.01. The zero-order chi connectivity index (χ0) is 14.9. The first-order valence-corrected chi connectivity index (χ1v) is 6.16. The van der Waals surface area contributed by atoms with Gasteiger partial charge in [0.15, 0.2) is 6.29 Å². The first-order valence-electron chi connectivity index (χ1n) is 6.16. The van der Waals surface area contributed by atoms with E-state index in [1.807, 2.05) is 38.0 Å². The Labute approximate surface area is 116 Å². The van der Waals surface area contributed by atoms with Crippen molar-refractivity contribution in [2.45, 2.75) is 0 Å². The molecule has 0 saturated heterocycles. The highest BCUT2D eigenvalue weighted by molar-refractivity contribution is 6.02. The normalized spacial score (nSPS) is 11.6. The summed E-state index contributed by atoms with van der Waals surface area (Å²) in [6.45, 7) is 0. The third kappa shape index (κ3) is 2.33. The van der Waals surface area contributed by atoms with Gasteiger partial charge in [0.05, 0.1) is 30.9 Å². The number of aryl methyl sites for hydroxylation is 1. The average Bonchev–Trinajstić information content (AvgIpc) is 2.68. The van der Waals surface area contributed by atoms with E-state index in [9.17, 15) is 14.9 Å². The van der Waals surface area contributed by atoms with E-state index in [2.05, 4.69) is 0 Å². The summed E-state index contributed by atoms with van der Waals surface area (Å²) >= 11 is 0. The topological polar surface area (TPSA) is 69.6 Å². The number of hydrogen-bond acceptors (Lipinski definition) is 3. The van der Waals surface area contributed by atoms with Crippen molar-refractivity contribution in [1.82, 2.24) is 4.57 Å². The fraction of sp³-hybridized carbons (Fsp3) is 0.214. The summed E-state index contributed by atoms with van der Waals surface area (Å²) in [6, 6.07) is 4.56. The van der Waals surface area contributed by atoms with Crippen molar-refractivity contribution in [3.05, 3.63) is 45.8 Å². The number of quaternary nitrogens is 1. The number of aromatic nitrogens is 1. The number of nitrogens with one attached hydrogen (secondary N) is 1. The van der Waals surface area contributed by atoms with Gasteiger partial charge < -0.3 is 9.47 Å². The summed E-state index contributed by atoms with van der Waals surface area (Å²) in [7, 11) is 5.76. The molecule has 20 heavy (non-hydrogen) atoms. The van der Waals surface area contributed by atoms with E-state index < -0.39 is 4.92 Å². The lowest BCUT2D eigenvalue weighted by atomic mass is 10.1. The summed E-state index contributed by atoms with van der Waals surface area (Å²) in [4.78, 5) is 22.9. The van der Waals surface area contributed by atoms with Gasteiger partial charge in [-0.05, 0) is 6.07 Å². The highest BCUT2D eigenvalue weighted by atomic mass is 16.6. The molecular weight excluding hydrogens is 258 g/mol. The molecule has 0 atom stereocenters. The molecule has 6 nitrogen and oxygen atoms in total. The van der Waals surface area contributed by atoms with Gasteiger partial charge in [-0.2, -0.15) is 0 Å². The molecule has 6 heteroatoms. The number of benzene rings is 1. The van der Waals surface area contributed by atoms with Gasteiger partial charge in [0.2, 0.25) is 0 Å². The number of rotatable bonds is 4. The fourth-order valence-corrected chi connectivity index (χ4v) is 2.17. The van der Waals surface area contributed by atoms with Crippen molar-refractivity contribution in [3.8, 4) is 0 Å². The number of fused-ring (bicyclic) bond motifs is 1. The van der Waals surface area contributed by atoms with Crippen molar-refractivity contribution in [2.24, 2.45) is 7.05 Å². The van der Waals surface area contributed by atoms with Crippen LogP contribution in [0.3, 0.4) is 0 Å². The Hall–Kier alpha value is -2.47. The maximum Gasteiger partial charge on any atom is 0.270 e. The van der Waals surface area contributed by atoms with Crippen LogP contribution in [0.2, 0.25) is 0 Å². The second kappa shape index (κ2) is 5.26. The molecule has 1 aromatic carbocycles. The minimum atomic E-state index is -0.458. The second-order valence-electron chi connectivity index (χ2n) is 4.85. The number of nitro groups is 1. The van der Waals surface area contributed by atoms with E-state index in [1.165, 1.54) is 12.1 Å². The molecule has 1 aromatic heterocycles. The van der Waals surface area contributed by atoms with Crippen LogP contribution in [0, 0.1) is 10.1 Å². The van der Waals surface area contributed by atoms with Gasteiger partial charge in [-0.25, -0.2) is 0 Å². The zero-order valence-electron chi connectivity index (χ0n) is 11.6.